The Morgan fingerprint density at radius 1 is 1.14 bits per heavy atom. The zero-order chi connectivity index (χ0) is 20.4. The topological polar surface area (TPSA) is 76.0 Å². The monoisotopic (exact) mass is 450 g/mol. The van der Waals surface area contributed by atoms with Gasteiger partial charge in [-0.3, -0.25) is 4.79 Å². The van der Waals surface area contributed by atoms with Crippen LogP contribution in [0.1, 0.15) is 5.56 Å². The van der Waals surface area contributed by atoms with Crippen molar-refractivity contribution in [2.75, 3.05) is 18.1 Å². The highest BCUT2D eigenvalue weighted by Crippen LogP contribution is 2.39. The molecule has 2 aliphatic heterocycles. The van der Waals surface area contributed by atoms with E-state index in [-0.39, 0.29) is 29.4 Å². The number of halogens is 1. The summed E-state index contributed by atoms with van der Waals surface area (Å²) >= 11 is 7.21. The molecule has 0 bridgehead atoms. The number of hydrogen-bond donors (Lipinski definition) is 0. The van der Waals surface area contributed by atoms with Gasteiger partial charge in [-0.15, -0.1) is 0 Å². The van der Waals surface area contributed by atoms with E-state index in [9.17, 15) is 13.2 Å². The molecule has 0 N–H and O–H groups in total. The summed E-state index contributed by atoms with van der Waals surface area (Å²) in [6.45, 7) is 0.313. The van der Waals surface area contributed by atoms with Gasteiger partial charge in [-0.05, 0) is 29.8 Å². The Balaban J connectivity index is 1.49. The number of fused-ring (bicyclic) bond motifs is 1. The third kappa shape index (κ3) is 4.94. The third-order valence-corrected chi connectivity index (χ3v) is 8.27. The highest BCUT2D eigenvalue weighted by Gasteiger charge is 2.48. The Labute approximate surface area is 178 Å². The zero-order valence-corrected chi connectivity index (χ0v) is 17.8. The summed E-state index contributed by atoms with van der Waals surface area (Å²) in [5, 5.41) is 1.04. The maximum absolute atomic E-state index is 12.4. The predicted molar refractivity (Wildman–Crippen MR) is 115 cm³/mol. The van der Waals surface area contributed by atoms with Crippen LogP contribution < -0.4 is 4.74 Å². The molecular formula is C20H19ClN2O4S2. The van der Waals surface area contributed by atoms with Crippen LogP contribution in [0.2, 0.25) is 5.02 Å². The fourth-order valence-corrected chi connectivity index (χ4v) is 7.51. The standard InChI is InChI=1S/C20H19ClN2O4S2/c21-15-6-8-16(9-7-15)27-11-19(24)22-20-23(10-14-4-2-1-3-5-14)17-12-29(25,26)13-18(17)28-20/h1-9,17-18H,10-13H2/t17-,18+/m1/s1. The lowest BCUT2D eigenvalue weighted by atomic mass is 10.1. The minimum absolute atomic E-state index is 0.0893. The molecule has 2 fully saturated rings. The van der Waals surface area contributed by atoms with Crippen molar-refractivity contribution >= 4 is 44.3 Å². The van der Waals surface area contributed by atoms with Crippen molar-refractivity contribution in [1.82, 2.24) is 4.90 Å². The molecule has 2 aromatic rings. The number of sulfone groups is 1. The number of carbonyl (C=O) groups is 1. The summed E-state index contributed by atoms with van der Waals surface area (Å²) < 4.78 is 29.6. The third-order valence-electron chi connectivity index (χ3n) is 4.77. The van der Waals surface area contributed by atoms with E-state index < -0.39 is 15.7 Å². The first-order chi connectivity index (χ1) is 13.9. The van der Waals surface area contributed by atoms with Gasteiger partial charge in [0.15, 0.2) is 21.6 Å². The van der Waals surface area contributed by atoms with E-state index in [1.54, 1.807) is 24.3 Å². The first kappa shape index (κ1) is 20.3. The van der Waals surface area contributed by atoms with Crippen LogP contribution in [0.15, 0.2) is 59.6 Å². The van der Waals surface area contributed by atoms with Crippen molar-refractivity contribution in [3.63, 3.8) is 0 Å². The van der Waals surface area contributed by atoms with Crippen LogP contribution in [-0.2, 0) is 21.2 Å². The number of amides is 1. The van der Waals surface area contributed by atoms with Gasteiger partial charge in [0, 0.05) is 16.8 Å². The molecule has 0 radical (unpaired) electrons. The number of ether oxygens (including phenoxy) is 1. The molecule has 2 atom stereocenters. The smallest absolute Gasteiger partial charge is 0.285 e. The van der Waals surface area contributed by atoms with Crippen LogP contribution in [-0.4, -0.2) is 53.8 Å². The first-order valence-electron chi connectivity index (χ1n) is 9.07. The van der Waals surface area contributed by atoms with Gasteiger partial charge >= 0.3 is 0 Å². The van der Waals surface area contributed by atoms with E-state index in [0.717, 1.165) is 5.56 Å². The van der Waals surface area contributed by atoms with Crippen molar-refractivity contribution in [1.29, 1.82) is 0 Å². The quantitative estimate of drug-likeness (QED) is 0.697. The van der Waals surface area contributed by atoms with E-state index >= 15 is 0 Å². The minimum Gasteiger partial charge on any atom is -0.484 e. The van der Waals surface area contributed by atoms with Gasteiger partial charge < -0.3 is 9.64 Å². The van der Waals surface area contributed by atoms with E-state index in [4.69, 9.17) is 16.3 Å². The molecular weight excluding hydrogens is 432 g/mol. The average molecular weight is 451 g/mol. The lowest BCUT2D eigenvalue weighted by molar-refractivity contribution is -0.119. The van der Waals surface area contributed by atoms with Crippen LogP contribution in [0.25, 0.3) is 0 Å². The van der Waals surface area contributed by atoms with Crippen LogP contribution in [0.5, 0.6) is 5.75 Å². The molecule has 9 heteroatoms. The maximum atomic E-state index is 12.4. The lowest BCUT2D eigenvalue weighted by Crippen LogP contribution is -2.37. The Morgan fingerprint density at radius 3 is 2.59 bits per heavy atom. The first-order valence-corrected chi connectivity index (χ1v) is 12.1. The second-order valence-electron chi connectivity index (χ2n) is 6.94. The molecule has 2 aromatic carbocycles. The van der Waals surface area contributed by atoms with Gasteiger partial charge in [0.2, 0.25) is 0 Å². The number of hydrogen-bond acceptors (Lipinski definition) is 5. The van der Waals surface area contributed by atoms with Gasteiger partial charge in [0.1, 0.15) is 5.75 Å². The molecule has 1 amide bonds. The molecule has 29 heavy (non-hydrogen) atoms. The summed E-state index contributed by atoms with van der Waals surface area (Å²) in [4.78, 5) is 18.6. The molecule has 152 valence electrons. The van der Waals surface area contributed by atoms with E-state index in [1.807, 2.05) is 35.2 Å². The number of carbonyl (C=O) groups excluding carboxylic acids is 1. The predicted octanol–water partition coefficient (Wildman–Crippen LogP) is 3.02. The highest BCUT2D eigenvalue weighted by atomic mass is 35.5. The lowest BCUT2D eigenvalue weighted by Gasteiger charge is -2.24. The molecule has 0 unspecified atom stereocenters. The number of rotatable bonds is 5. The van der Waals surface area contributed by atoms with Gasteiger partial charge in [-0.2, -0.15) is 4.99 Å². The molecule has 0 aromatic heterocycles. The van der Waals surface area contributed by atoms with Crippen LogP contribution in [0.3, 0.4) is 0 Å². The molecule has 2 aliphatic rings. The van der Waals surface area contributed by atoms with E-state index in [2.05, 4.69) is 4.99 Å². The number of aliphatic imine (C=N–C) groups is 1. The maximum Gasteiger partial charge on any atom is 0.285 e. The van der Waals surface area contributed by atoms with Crippen molar-refractivity contribution in [2.24, 2.45) is 4.99 Å². The Bertz CT molecular complexity index is 1030. The second-order valence-corrected chi connectivity index (χ2v) is 10.7. The SMILES string of the molecule is O=C(COc1ccc(Cl)cc1)N=C1S[C@H]2CS(=O)(=O)C[C@H]2N1Cc1ccccc1. The van der Waals surface area contributed by atoms with Gasteiger partial charge in [0.25, 0.3) is 5.91 Å². The molecule has 0 spiro atoms. The van der Waals surface area contributed by atoms with Gasteiger partial charge in [0.05, 0.1) is 17.5 Å². The summed E-state index contributed by atoms with van der Waals surface area (Å²) in [5.41, 5.74) is 1.04. The second kappa shape index (κ2) is 8.38. The van der Waals surface area contributed by atoms with Crippen LogP contribution in [0, 0.1) is 0 Å². The highest BCUT2D eigenvalue weighted by molar-refractivity contribution is 8.15. The summed E-state index contributed by atoms with van der Waals surface area (Å²) in [6.07, 6.45) is 0. The largest absolute Gasteiger partial charge is 0.484 e. The van der Waals surface area contributed by atoms with Crippen LogP contribution >= 0.6 is 23.4 Å². The molecule has 0 aliphatic carbocycles. The fraction of sp³-hybridized carbons (Fsp3) is 0.300. The Hall–Kier alpha value is -2.03. The summed E-state index contributed by atoms with van der Waals surface area (Å²) in [6, 6.07) is 16.3. The van der Waals surface area contributed by atoms with E-state index in [0.29, 0.717) is 22.5 Å². The van der Waals surface area contributed by atoms with Crippen molar-refractivity contribution in [2.45, 2.75) is 17.8 Å². The summed E-state index contributed by atoms with van der Waals surface area (Å²) in [7, 11) is -3.07. The molecule has 2 heterocycles. The van der Waals surface area contributed by atoms with Crippen molar-refractivity contribution in [3.8, 4) is 5.75 Å². The number of nitrogens with zero attached hydrogens (tertiary/aromatic N) is 2. The van der Waals surface area contributed by atoms with Crippen molar-refractivity contribution < 1.29 is 17.9 Å². The van der Waals surface area contributed by atoms with Gasteiger partial charge in [-0.1, -0.05) is 53.7 Å². The normalized spacial score (nSPS) is 23.9. The van der Waals surface area contributed by atoms with Crippen molar-refractivity contribution in [3.05, 3.63) is 65.2 Å². The van der Waals surface area contributed by atoms with Crippen LogP contribution in [0.4, 0.5) is 0 Å². The Kier molecular flexibility index (Phi) is 5.85. The molecule has 2 saturated heterocycles. The summed E-state index contributed by atoms with van der Waals surface area (Å²) in [5.74, 6) is 0.322. The van der Waals surface area contributed by atoms with Gasteiger partial charge in [-0.25, -0.2) is 8.42 Å². The molecule has 0 saturated carbocycles. The average Bonchev–Trinajstić information content (AvgIpc) is 3.14. The number of amidine groups is 1. The Morgan fingerprint density at radius 2 is 1.86 bits per heavy atom. The molecule has 4 rings (SSSR count). The zero-order valence-electron chi connectivity index (χ0n) is 15.4. The number of thioether (sulfide) groups is 1. The number of benzene rings is 2. The fourth-order valence-electron chi connectivity index (χ4n) is 3.42. The van der Waals surface area contributed by atoms with E-state index in [1.165, 1.54) is 11.8 Å². The minimum atomic E-state index is -3.07. The molecule has 6 nitrogen and oxygen atoms in total.